The number of rotatable bonds is 3. The number of hydrogen-bond acceptors (Lipinski definition) is 3. The number of nitrogens with one attached hydrogen (secondary N) is 1. The van der Waals surface area contributed by atoms with Crippen LogP contribution in [0.25, 0.3) is 0 Å². The fourth-order valence-corrected chi connectivity index (χ4v) is 1.53. The lowest BCUT2D eigenvalue weighted by atomic mass is 9.99. The van der Waals surface area contributed by atoms with Gasteiger partial charge in [-0.15, -0.1) is 0 Å². The summed E-state index contributed by atoms with van der Waals surface area (Å²) < 4.78 is 36.4. The van der Waals surface area contributed by atoms with Crippen LogP contribution in [0, 0.1) is 5.92 Å². The Hall–Kier alpha value is -1.60. The van der Waals surface area contributed by atoms with E-state index in [1.165, 1.54) is 0 Å². The van der Waals surface area contributed by atoms with Crippen LogP contribution in [0.4, 0.5) is 18.0 Å². The summed E-state index contributed by atoms with van der Waals surface area (Å²) in [5, 5.41) is 1.74. The Bertz CT molecular complexity index is 354. The number of alkyl halides is 3. The van der Waals surface area contributed by atoms with Crippen LogP contribution >= 0.6 is 0 Å². The van der Waals surface area contributed by atoms with Gasteiger partial charge >= 0.3 is 12.2 Å². The number of urea groups is 1. The molecule has 1 atom stereocenters. The molecule has 0 aliphatic carbocycles. The number of amides is 4. The Labute approximate surface area is 94.9 Å². The fourth-order valence-electron chi connectivity index (χ4n) is 1.53. The largest absolute Gasteiger partial charge is 0.406 e. The highest BCUT2D eigenvalue weighted by Crippen LogP contribution is 2.21. The van der Waals surface area contributed by atoms with Gasteiger partial charge in [-0.2, -0.15) is 13.2 Å². The lowest BCUT2D eigenvalue weighted by Gasteiger charge is -2.30. The summed E-state index contributed by atoms with van der Waals surface area (Å²) in [5.74, 6) is -3.13. The first kappa shape index (κ1) is 13.5. The number of carbonyl (C=O) groups excluding carboxylic acids is 3. The molecular formula is C9H11F3N2O3. The van der Waals surface area contributed by atoms with E-state index in [2.05, 4.69) is 0 Å². The van der Waals surface area contributed by atoms with Crippen molar-refractivity contribution < 1.29 is 27.6 Å². The predicted molar refractivity (Wildman–Crippen MR) is 49.7 cm³/mol. The van der Waals surface area contributed by atoms with Crippen molar-refractivity contribution in [3.8, 4) is 0 Å². The normalized spacial score (nSPS) is 21.8. The molecule has 0 radical (unpaired) electrons. The number of nitrogens with zero attached hydrogens (tertiary/aromatic N) is 1. The summed E-state index contributed by atoms with van der Waals surface area (Å²) in [4.78, 5) is 34.0. The molecule has 1 heterocycles. The molecule has 1 N–H and O–H groups in total. The second kappa shape index (κ2) is 4.72. The van der Waals surface area contributed by atoms with Crippen LogP contribution in [0.3, 0.4) is 0 Å². The second-order valence-corrected chi connectivity index (χ2v) is 3.68. The molecule has 0 bridgehead atoms. The van der Waals surface area contributed by atoms with Gasteiger partial charge in [0.2, 0.25) is 11.8 Å². The van der Waals surface area contributed by atoms with Crippen LogP contribution in [0.5, 0.6) is 0 Å². The van der Waals surface area contributed by atoms with Crippen molar-refractivity contribution >= 4 is 17.8 Å². The molecule has 1 fully saturated rings. The SMILES string of the molecule is CCCC1C(=O)NC(=O)N(CC(F)(F)F)C1=O. The molecule has 1 unspecified atom stereocenters. The van der Waals surface area contributed by atoms with E-state index in [4.69, 9.17) is 0 Å². The second-order valence-electron chi connectivity index (χ2n) is 3.68. The van der Waals surface area contributed by atoms with Crippen molar-refractivity contribution in [3.05, 3.63) is 0 Å². The van der Waals surface area contributed by atoms with Crippen molar-refractivity contribution in [3.63, 3.8) is 0 Å². The third kappa shape index (κ3) is 3.18. The molecule has 1 rings (SSSR count). The minimum Gasteiger partial charge on any atom is -0.277 e. The molecule has 0 aromatic rings. The van der Waals surface area contributed by atoms with Gasteiger partial charge in [-0.05, 0) is 6.42 Å². The molecule has 1 saturated heterocycles. The van der Waals surface area contributed by atoms with Crippen molar-refractivity contribution in [2.45, 2.75) is 25.9 Å². The van der Waals surface area contributed by atoms with E-state index in [1.807, 2.05) is 0 Å². The monoisotopic (exact) mass is 252 g/mol. The minimum absolute atomic E-state index is 0.0295. The van der Waals surface area contributed by atoms with Crippen LogP contribution in [-0.2, 0) is 9.59 Å². The van der Waals surface area contributed by atoms with Crippen LogP contribution in [0.15, 0.2) is 0 Å². The van der Waals surface area contributed by atoms with Gasteiger partial charge < -0.3 is 0 Å². The summed E-state index contributed by atoms with van der Waals surface area (Å²) in [7, 11) is 0. The molecule has 17 heavy (non-hydrogen) atoms. The lowest BCUT2D eigenvalue weighted by Crippen LogP contribution is -2.59. The Morgan fingerprint density at radius 3 is 2.35 bits per heavy atom. The van der Waals surface area contributed by atoms with E-state index in [0.29, 0.717) is 6.42 Å². The maximum Gasteiger partial charge on any atom is 0.406 e. The first-order valence-electron chi connectivity index (χ1n) is 4.99. The highest BCUT2D eigenvalue weighted by molar-refractivity contribution is 6.16. The lowest BCUT2D eigenvalue weighted by molar-refractivity contribution is -0.162. The number of hydrogen-bond donors (Lipinski definition) is 1. The van der Waals surface area contributed by atoms with Gasteiger partial charge in [-0.3, -0.25) is 19.8 Å². The highest BCUT2D eigenvalue weighted by Gasteiger charge is 2.44. The molecule has 4 amide bonds. The van der Waals surface area contributed by atoms with E-state index < -0.39 is 36.5 Å². The highest BCUT2D eigenvalue weighted by atomic mass is 19.4. The zero-order chi connectivity index (χ0) is 13.2. The molecule has 0 spiro atoms. The quantitative estimate of drug-likeness (QED) is 0.763. The Morgan fingerprint density at radius 1 is 1.29 bits per heavy atom. The van der Waals surface area contributed by atoms with Crippen molar-refractivity contribution in [1.82, 2.24) is 10.2 Å². The van der Waals surface area contributed by atoms with Crippen LogP contribution < -0.4 is 5.32 Å². The number of carbonyl (C=O) groups is 3. The van der Waals surface area contributed by atoms with E-state index in [-0.39, 0.29) is 11.3 Å². The Kier molecular flexibility index (Phi) is 3.74. The molecule has 96 valence electrons. The summed E-state index contributed by atoms with van der Waals surface area (Å²) in [5.41, 5.74) is 0. The third-order valence-electron chi connectivity index (χ3n) is 2.27. The van der Waals surface area contributed by atoms with Gasteiger partial charge in [0.05, 0.1) is 0 Å². The van der Waals surface area contributed by atoms with E-state index in [0.717, 1.165) is 0 Å². The summed E-state index contributed by atoms with van der Waals surface area (Å²) >= 11 is 0. The standard InChI is InChI=1S/C9H11F3N2O3/c1-2-3-5-6(15)13-8(17)14(7(5)16)4-9(10,11)12/h5H,2-4H2,1H3,(H,13,15,17). The molecule has 1 aliphatic heterocycles. The van der Waals surface area contributed by atoms with Gasteiger partial charge in [0.15, 0.2) is 0 Å². The third-order valence-corrected chi connectivity index (χ3v) is 2.27. The van der Waals surface area contributed by atoms with E-state index in [1.54, 1.807) is 12.2 Å². The summed E-state index contributed by atoms with van der Waals surface area (Å²) in [6.07, 6.45) is -4.10. The fraction of sp³-hybridized carbons (Fsp3) is 0.667. The summed E-state index contributed by atoms with van der Waals surface area (Å²) in [6, 6.07) is -1.32. The van der Waals surface area contributed by atoms with E-state index in [9.17, 15) is 27.6 Å². The summed E-state index contributed by atoms with van der Waals surface area (Å²) in [6.45, 7) is 0.0102. The molecule has 0 saturated carbocycles. The van der Waals surface area contributed by atoms with Crippen LogP contribution in [0.2, 0.25) is 0 Å². The topological polar surface area (TPSA) is 66.5 Å². The van der Waals surface area contributed by atoms with Crippen molar-refractivity contribution in [2.75, 3.05) is 6.54 Å². The van der Waals surface area contributed by atoms with Gasteiger partial charge in [0.1, 0.15) is 12.5 Å². The van der Waals surface area contributed by atoms with Gasteiger partial charge in [-0.25, -0.2) is 4.79 Å². The molecular weight excluding hydrogens is 241 g/mol. The molecule has 1 aliphatic rings. The zero-order valence-corrected chi connectivity index (χ0v) is 9.00. The average Bonchev–Trinajstić information content (AvgIpc) is 2.18. The number of halogens is 3. The smallest absolute Gasteiger partial charge is 0.277 e. The van der Waals surface area contributed by atoms with Crippen LogP contribution in [-0.4, -0.2) is 35.5 Å². The Morgan fingerprint density at radius 2 is 1.88 bits per heavy atom. The van der Waals surface area contributed by atoms with Crippen LogP contribution in [0.1, 0.15) is 19.8 Å². The number of barbiturate groups is 1. The van der Waals surface area contributed by atoms with E-state index >= 15 is 0 Å². The zero-order valence-electron chi connectivity index (χ0n) is 9.00. The first-order valence-corrected chi connectivity index (χ1v) is 4.99. The van der Waals surface area contributed by atoms with Crippen molar-refractivity contribution in [2.24, 2.45) is 5.92 Å². The molecule has 5 nitrogen and oxygen atoms in total. The molecule has 0 aromatic carbocycles. The minimum atomic E-state index is -4.68. The number of imide groups is 2. The van der Waals surface area contributed by atoms with Crippen molar-refractivity contribution in [1.29, 1.82) is 0 Å². The first-order chi connectivity index (χ1) is 7.76. The molecule has 8 heteroatoms. The van der Waals surface area contributed by atoms with Gasteiger partial charge in [0, 0.05) is 0 Å². The van der Waals surface area contributed by atoms with Gasteiger partial charge in [-0.1, -0.05) is 13.3 Å². The van der Waals surface area contributed by atoms with Gasteiger partial charge in [0.25, 0.3) is 0 Å². The average molecular weight is 252 g/mol. The maximum absolute atomic E-state index is 12.1. The molecule has 0 aromatic heterocycles. The maximum atomic E-state index is 12.1. The Balaban J connectivity index is 2.86. The predicted octanol–water partition coefficient (Wildman–Crippen LogP) is 1.04.